The molecule has 82 valence electrons. The Morgan fingerprint density at radius 2 is 2.29 bits per heavy atom. The Balaban J connectivity index is 3.84. The van der Waals surface area contributed by atoms with Crippen molar-refractivity contribution in [2.24, 2.45) is 0 Å². The van der Waals surface area contributed by atoms with Crippen LogP contribution in [0.25, 0.3) is 0 Å². The van der Waals surface area contributed by atoms with Crippen molar-refractivity contribution in [1.82, 2.24) is 5.32 Å². The van der Waals surface area contributed by atoms with Gasteiger partial charge in [0.1, 0.15) is 0 Å². The lowest BCUT2D eigenvalue weighted by molar-refractivity contribution is -0.131. The van der Waals surface area contributed by atoms with Crippen molar-refractivity contribution in [3.63, 3.8) is 0 Å². The topological polar surface area (TPSA) is 78.8 Å². The van der Waals surface area contributed by atoms with Gasteiger partial charge in [0, 0.05) is 19.7 Å². The molecule has 0 rings (SSSR count). The molecule has 0 saturated heterocycles. The number of carboxylic acids is 1. The summed E-state index contributed by atoms with van der Waals surface area (Å²) in [6.07, 6.45) is 1.13. The summed E-state index contributed by atoms with van der Waals surface area (Å²) in [5, 5.41) is 20.3. The highest BCUT2D eigenvalue weighted by atomic mass is 16.5. The van der Waals surface area contributed by atoms with Crippen LogP contribution in [-0.2, 0) is 9.53 Å². The molecule has 0 spiro atoms. The molecule has 0 bridgehead atoms. The van der Waals surface area contributed by atoms with Crippen molar-refractivity contribution in [3.8, 4) is 0 Å². The van der Waals surface area contributed by atoms with Gasteiger partial charge in [-0.05, 0) is 6.92 Å². The molecule has 1 unspecified atom stereocenters. The van der Waals surface area contributed by atoms with Crippen LogP contribution in [0.5, 0.6) is 0 Å². The number of nitrogens with one attached hydrogen (secondary N) is 1. The van der Waals surface area contributed by atoms with Gasteiger partial charge in [0.05, 0.1) is 19.3 Å². The normalized spacial score (nSPS) is 14.1. The van der Waals surface area contributed by atoms with E-state index in [0.29, 0.717) is 18.7 Å². The van der Waals surface area contributed by atoms with Gasteiger partial charge in [-0.15, -0.1) is 0 Å². The molecule has 0 aliphatic heterocycles. The van der Waals surface area contributed by atoms with Gasteiger partial charge < -0.3 is 20.3 Å². The first-order valence-corrected chi connectivity index (χ1v) is 4.33. The zero-order valence-corrected chi connectivity index (χ0v) is 8.49. The summed E-state index contributed by atoms with van der Waals surface area (Å²) < 4.78 is 4.85. The summed E-state index contributed by atoms with van der Waals surface area (Å²) in [5.74, 6) is -0.961. The number of methoxy groups -OCH3 is 1. The number of carboxylic acid groups (broad SMARTS) is 1. The van der Waals surface area contributed by atoms with E-state index in [2.05, 4.69) is 5.32 Å². The van der Waals surface area contributed by atoms with Crippen LogP contribution >= 0.6 is 0 Å². The predicted octanol–water partition coefficient (Wildman–Crippen LogP) is -0.386. The Morgan fingerprint density at radius 3 is 2.71 bits per heavy atom. The molecule has 3 N–H and O–H groups in total. The van der Waals surface area contributed by atoms with E-state index < -0.39 is 5.97 Å². The van der Waals surface area contributed by atoms with Gasteiger partial charge >= 0.3 is 5.97 Å². The number of ether oxygens (including phenoxy) is 1. The third-order valence-electron chi connectivity index (χ3n) is 1.63. The summed E-state index contributed by atoms with van der Waals surface area (Å²) >= 11 is 0. The van der Waals surface area contributed by atoms with Gasteiger partial charge in [-0.1, -0.05) is 5.57 Å². The van der Waals surface area contributed by atoms with E-state index in [1.165, 1.54) is 0 Å². The molecule has 0 heterocycles. The van der Waals surface area contributed by atoms with Crippen LogP contribution in [-0.4, -0.2) is 49.1 Å². The average Bonchev–Trinajstić information content (AvgIpc) is 2.11. The predicted molar refractivity (Wildman–Crippen MR) is 52.1 cm³/mol. The van der Waals surface area contributed by atoms with Crippen LogP contribution in [0.2, 0.25) is 0 Å². The number of aliphatic hydroxyl groups excluding tert-OH is 1. The fraction of sp³-hybridized carbons (Fsp3) is 0.667. The van der Waals surface area contributed by atoms with E-state index in [-0.39, 0.29) is 12.6 Å². The molecule has 0 aromatic rings. The van der Waals surface area contributed by atoms with Crippen molar-refractivity contribution in [2.45, 2.75) is 13.0 Å². The maximum absolute atomic E-state index is 10.3. The molecule has 0 aromatic carbocycles. The molecule has 5 nitrogen and oxygen atoms in total. The minimum atomic E-state index is -0.961. The fourth-order valence-corrected chi connectivity index (χ4v) is 0.945. The molecule has 0 fully saturated rings. The SMILES string of the molecule is COCC(CO)NCC(C)=CC(=O)O. The van der Waals surface area contributed by atoms with Crippen LogP contribution in [0.3, 0.4) is 0 Å². The number of hydrogen-bond donors (Lipinski definition) is 3. The summed E-state index contributed by atoms with van der Waals surface area (Å²) in [6.45, 7) is 2.51. The molecule has 14 heavy (non-hydrogen) atoms. The lowest BCUT2D eigenvalue weighted by Crippen LogP contribution is -2.37. The second-order valence-corrected chi connectivity index (χ2v) is 3.04. The Labute approximate surface area is 83.4 Å². The maximum Gasteiger partial charge on any atom is 0.328 e. The minimum Gasteiger partial charge on any atom is -0.478 e. The van der Waals surface area contributed by atoms with Crippen LogP contribution in [0.4, 0.5) is 0 Å². The summed E-state index contributed by atoms with van der Waals surface area (Å²) in [5.41, 5.74) is 0.701. The Morgan fingerprint density at radius 1 is 1.64 bits per heavy atom. The van der Waals surface area contributed by atoms with Crippen molar-refractivity contribution in [3.05, 3.63) is 11.6 Å². The number of aliphatic carboxylic acids is 1. The van der Waals surface area contributed by atoms with E-state index in [0.717, 1.165) is 6.08 Å². The third-order valence-corrected chi connectivity index (χ3v) is 1.63. The number of carbonyl (C=O) groups is 1. The van der Waals surface area contributed by atoms with Gasteiger partial charge in [-0.25, -0.2) is 4.79 Å². The van der Waals surface area contributed by atoms with Crippen molar-refractivity contribution >= 4 is 5.97 Å². The first kappa shape index (κ1) is 13.1. The molecule has 0 aliphatic carbocycles. The van der Waals surface area contributed by atoms with Crippen molar-refractivity contribution in [2.75, 3.05) is 26.9 Å². The zero-order chi connectivity index (χ0) is 11.0. The first-order chi connectivity index (χ1) is 6.60. The number of aliphatic hydroxyl groups is 1. The van der Waals surface area contributed by atoms with E-state index in [1.807, 2.05) is 0 Å². The van der Waals surface area contributed by atoms with E-state index in [4.69, 9.17) is 14.9 Å². The van der Waals surface area contributed by atoms with Crippen molar-refractivity contribution < 1.29 is 19.7 Å². The highest BCUT2D eigenvalue weighted by Gasteiger charge is 2.05. The Bertz CT molecular complexity index is 203. The van der Waals surface area contributed by atoms with E-state index in [9.17, 15) is 4.79 Å². The second kappa shape index (κ2) is 7.49. The summed E-state index contributed by atoms with van der Waals surface area (Å²) in [7, 11) is 1.55. The Kier molecular flexibility index (Phi) is 7.00. The highest BCUT2D eigenvalue weighted by molar-refractivity contribution is 5.80. The van der Waals surface area contributed by atoms with E-state index in [1.54, 1.807) is 14.0 Å². The third kappa shape index (κ3) is 6.59. The lowest BCUT2D eigenvalue weighted by Gasteiger charge is -2.14. The first-order valence-electron chi connectivity index (χ1n) is 4.33. The smallest absolute Gasteiger partial charge is 0.328 e. The Hall–Kier alpha value is -0.910. The minimum absolute atomic E-state index is 0.0335. The van der Waals surface area contributed by atoms with Gasteiger partial charge in [0.25, 0.3) is 0 Å². The van der Waals surface area contributed by atoms with Crippen molar-refractivity contribution in [1.29, 1.82) is 0 Å². The van der Waals surface area contributed by atoms with Crippen LogP contribution in [0.15, 0.2) is 11.6 Å². The molecular weight excluding hydrogens is 186 g/mol. The molecule has 1 atom stereocenters. The molecule has 0 amide bonds. The largest absolute Gasteiger partial charge is 0.478 e. The number of hydrogen-bond acceptors (Lipinski definition) is 4. The zero-order valence-electron chi connectivity index (χ0n) is 8.49. The molecular formula is C9H17NO4. The van der Waals surface area contributed by atoms with E-state index >= 15 is 0 Å². The van der Waals surface area contributed by atoms with Gasteiger partial charge in [-0.2, -0.15) is 0 Å². The quantitative estimate of drug-likeness (QED) is 0.491. The lowest BCUT2D eigenvalue weighted by atomic mass is 10.2. The van der Waals surface area contributed by atoms with Gasteiger partial charge in [0.15, 0.2) is 0 Å². The maximum atomic E-state index is 10.3. The molecule has 5 heteroatoms. The standard InChI is InChI=1S/C9H17NO4/c1-7(3-9(12)13)4-10-8(5-11)6-14-2/h3,8,10-11H,4-6H2,1-2H3,(H,12,13). The fourth-order valence-electron chi connectivity index (χ4n) is 0.945. The summed E-state index contributed by atoms with van der Waals surface area (Å²) in [4.78, 5) is 10.3. The molecule has 0 aromatic heterocycles. The van der Waals surface area contributed by atoms with Gasteiger partial charge in [0.2, 0.25) is 0 Å². The second-order valence-electron chi connectivity index (χ2n) is 3.04. The van der Waals surface area contributed by atoms with Crippen LogP contribution in [0, 0.1) is 0 Å². The van der Waals surface area contributed by atoms with Crippen LogP contribution < -0.4 is 5.32 Å². The molecule has 0 aliphatic rings. The molecule has 0 saturated carbocycles. The van der Waals surface area contributed by atoms with Gasteiger partial charge in [-0.3, -0.25) is 0 Å². The number of rotatable bonds is 7. The monoisotopic (exact) mass is 203 g/mol. The molecule has 0 radical (unpaired) electrons. The van der Waals surface area contributed by atoms with Crippen LogP contribution in [0.1, 0.15) is 6.92 Å². The summed E-state index contributed by atoms with van der Waals surface area (Å²) in [6, 6.07) is -0.155. The highest BCUT2D eigenvalue weighted by Crippen LogP contribution is 1.91. The average molecular weight is 203 g/mol.